The van der Waals surface area contributed by atoms with E-state index in [-0.39, 0.29) is 13.2 Å². The van der Waals surface area contributed by atoms with Gasteiger partial charge in [-0.05, 0) is 28.5 Å². The van der Waals surface area contributed by atoms with Crippen LogP contribution in [0.3, 0.4) is 0 Å². The van der Waals surface area contributed by atoms with Crippen LogP contribution in [0, 0.1) is 0 Å². The number of fused-ring (bicyclic) bond motifs is 1. The number of carbonyl (C=O) groups is 2. The minimum absolute atomic E-state index is 0.0376. The predicted molar refractivity (Wildman–Crippen MR) is 95.0 cm³/mol. The molecule has 126 valence electrons. The van der Waals surface area contributed by atoms with Crippen molar-refractivity contribution in [2.24, 2.45) is 0 Å². The minimum Gasteiger partial charge on any atom is -0.461 e. The molecule has 0 spiro atoms. The van der Waals surface area contributed by atoms with Crippen LogP contribution in [0.25, 0.3) is 10.8 Å². The van der Waals surface area contributed by atoms with E-state index in [9.17, 15) is 9.59 Å². The molecule has 0 amide bonds. The molecular formula is C21H18O4. The summed E-state index contributed by atoms with van der Waals surface area (Å²) in [5.41, 5.74) is 1.96. The highest BCUT2D eigenvalue weighted by Crippen LogP contribution is 2.22. The first-order valence-electron chi connectivity index (χ1n) is 7.99. The van der Waals surface area contributed by atoms with Gasteiger partial charge in [0.1, 0.15) is 13.2 Å². The van der Waals surface area contributed by atoms with Gasteiger partial charge in [-0.3, -0.25) is 4.79 Å². The predicted octanol–water partition coefficient (Wildman–Crippen LogP) is 4.26. The van der Waals surface area contributed by atoms with Gasteiger partial charge >= 0.3 is 11.9 Å². The Morgan fingerprint density at radius 1 is 0.800 bits per heavy atom. The molecule has 0 N–H and O–H groups in total. The Morgan fingerprint density at radius 2 is 1.44 bits per heavy atom. The molecular weight excluding hydrogens is 316 g/mol. The summed E-state index contributed by atoms with van der Waals surface area (Å²) in [5.74, 6) is -0.825. The molecule has 0 aliphatic carbocycles. The zero-order valence-corrected chi connectivity index (χ0v) is 13.9. The molecule has 0 atom stereocenters. The van der Waals surface area contributed by atoms with Gasteiger partial charge in [0.2, 0.25) is 0 Å². The molecule has 0 saturated carbocycles. The van der Waals surface area contributed by atoms with Gasteiger partial charge in [0.25, 0.3) is 0 Å². The first-order valence-corrected chi connectivity index (χ1v) is 7.99. The van der Waals surface area contributed by atoms with Crippen molar-refractivity contribution >= 4 is 22.7 Å². The van der Waals surface area contributed by atoms with Crippen molar-refractivity contribution in [3.63, 3.8) is 0 Å². The summed E-state index contributed by atoms with van der Waals surface area (Å²) in [6.07, 6.45) is 0. The lowest BCUT2D eigenvalue weighted by molar-refractivity contribution is -0.142. The summed E-state index contributed by atoms with van der Waals surface area (Å²) in [7, 11) is 0. The van der Waals surface area contributed by atoms with E-state index in [0.29, 0.717) is 11.1 Å². The molecule has 0 fully saturated rings. The second kappa shape index (κ2) is 7.62. The normalized spacial score (nSPS) is 10.4. The van der Waals surface area contributed by atoms with Gasteiger partial charge in [0, 0.05) is 12.5 Å². The second-order valence-electron chi connectivity index (χ2n) is 5.70. The average molecular weight is 334 g/mol. The zero-order chi connectivity index (χ0) is 17.6. The maximum absolute atomic E-state index is 12.6. The fourth-order valence-electron chi connectivity index (χ4n) is 2.58. The van der Waals surface area contributed by atoms with E-state index < -0.39 is 11.9 Å². The van der Waals surface area contributed by atoms with Crippen molar-refractivity contribution in [2.45, 2.75) is 20.1 Å². The van der Waals surface area contributed by atoms with Gasteiger partial charge in [0.15, 0.2) is 0 Å². The zero-order valence-electron chi connectivity index (χ0n) is 13.9. The molecule has 3 aromatic rings. The van der Waals surface area contributed by atoms with Crippen molar-refractivity contribution in [3.8, 4) is 0 Å². The molecule has 0 bridgehead atoms. The quantitative estimate of drug-likeness (QED) is 0.654. The highest BCUT2D eigenvalue weighted by atomic mass is 16.5. The summed E-state index contributed by atoms with van der Waals surface area (Å²) in [6.45, 7) is 1.57. The molecule has 0 aliphatic rings. The fourth-order valence-corrected chi connectivity index (χ4v) is 2.58. The number of benzene rings is 3. The third-order valence-corrected chi connectivity index (χ3v) is 3.84. The Bertz CT molecular complexity index is 900. The summed E-state index contributed by atoms with van der Waals surface area (Å²) in [5, 5.41) is 1.91. The van der Waals surface area contributed by atoms with Crippen LogP contribution in [-0.2, 0) is 27.5 Å². The molecule has 0 heterocycles. The maximum Gasteiger partial charge on any atom is 0.338 e. The van der Waals surface area contributed by atoms with E-state index in [1.165, 1.54) is 6.92 Å². The lowest BCUT2D eigenvalue weighted by Crippen LogP contribution is -2.10. The van der Waals surface area contributed by atoms with Gasteiger partial charge in [-0.1, -0.05) is 54.6 Å². The SMILES string of the molecule is CC(=O)OCc1cc2ccccc2cc1C(=O)OCc1ccccc1. The molecule has 0 aromatic heterocycles. The molecule has 3 rings (SSSR count). The number of ether oxygens (including phenoxy) is 2. The minimum atomic E-state index is -0.434. The van der Waals surface area contributed by atoms with Crippen molar-refractivity contribution in [2.75, 3.05) is 0 Å². The molecule has 3 aromatic carbocycles. The van der Waals surface area contributed by atoms with Crippen LogP contribution in [0.5, 0.6) is 0 Å². The third-order valence-electron chi connectivity index (χ3n) is 3.84. The monoisotopic (exact) mass is 334 g/mol. The van der Waals surface area contributed by atoms with Crippen LogP contribution in [0.15, 0.2) is 66.7 Å². The van der Waals surface area contributed by atoms with Crippen molar-refractivity contribution in [3.05, 3.63) is 83.4 Å². The van der Waals surface area contributed by atoms with Gasteiger partial charge in [-0.25, -0.2) is 4.79 Å². The molecule has 0 aliphatic heterocycles. The molecule has 0 radical (unpaired) electrons. The smallest absolute Gasteiger partial charge is 0.338 e. The first-order chi connectivity index (χ1) is 12.1. The highest BCUT2D eigenvalue weighted by Gasteiger charge is 2.15. The van der Waals surface area contributed by atoms with Gasteiger partial charge in [0.05, 0.1) is 5.56 Å². The second-order valence-corrected chi connectivity index (χ2v) is 5.70. The summed E-state index contributed by atoms with van der Waals surface area (Å²) >= 11 is 0. The summed E-state index contributed by atoms with van der Waals surface area (Å²) < 4.78 is 10.5. The van der Waals surface area contributed by atoms with Crippen LogP contribution >= 0.6 is 0 Å². The van der Waals surface area contributed by atoms with Crippen LogP contribution < -0.4 is 0 Å². The lowest BCUT2D eigenvalue weighted by Gasteiger charge is -2.12. The van der Waals surface area contributed by atoms with Crippen molar-refractivity contribution < 1.29 is 19.1 Å². The molecule has 0 saturated heterocycles. The van der Waals surface area contributed by atoms with E-state index in [0.717, 1.165) is 16.3 Å². The van der Waals surface area contributed by atoms with Crippen molar-refractivity contribution in [1.29, 1.82) is 0 Å². The Labute approximate surface area is 146 Å². The van der Waals surface area contributed by atoms with Crippen molar-refractivity contribution in [1.82, 2.24) is 0 Å². The lowest BCUT2D eigenvalue weighted by atomic mass is 10.0. The van der Waals surface area contributed by atoms with Gasteiger partial charge in [-0.2, -0.15) is 0 Å². The van der Waals surface area contributed by atoms with E-state index in [1.807, 2.05) is 60.7 Å². The summed E-state index contributed by atoms with van der Waals surface area (Å²) in [6, 6.07) is 20.8. The average Bonchev–Trinajstić information content (AvgIpc) is 2.64. The van der Waals surface area contributed by atoms with Crippen LogP contribution in [0.4, 0.5) is 0 Å². The van der Waals surface area contributed by atoms with E-state index in [2.05, 4.69) is 0 Å². The number of carbonyl (C=O) groups excluding carboxylic acids is 2. The standard InChI is InChI=1S/C21H18O4/c1-15(22)24-14-19-11-17-9-5-6-10-18(17)12-20(19)21(23)25-13-16-7-3-2-4-8-16/h2-12H,13-14H2,1H3. The Hall–Kier alpha value is -3.14. The molecule has 0 unspecified atom stereocenters. The fraction of sp³-hybridized carbons (Fsp3) is 0.143. The van der Waals surface area contributed by atoms with Crippen LogP contribution in [0.2, 0.25) is 0 Å². The van der Waals surface area contributed by atoms with E-state index >= 15 is 0 Å². The highest BCUT2D eigenvalue weighted by molar-refractivity contribution is 5.97. The summed E-state index contributed by atoms with van der Waals surface area (Å²) in [4.78, 5) is 23.7. The Morgan fingerprint density at radius 3 is 2.12 bits per heavy atom. The molecule has 4 nitrogen and oxygen atoms in total. The van der Waals surface area contributed by atoms with E-state index in [1.54, 1.807) is 6.07 Å². The topological polar surface area (TPSA) is 52.6 Å². The van der Waals surface area contributed by atoms with Crippen LogP contribution in [-0.4, -0.2) is 11.9 Å². The van der Waals surface area contributed by atoms with Crippen LogP contribution in [0.1, 0.15) is 28.4 Å². The number of rotatable bonds is 5. The van der Waals surface area contributed by atoms with E-state index in [4.69, 9.17) is 9.47 Å². The maximum atomic E-state index is 12.6. The van der Waals surface area contributed by atoms with Gasteiger partial charge < -0.3 is 9.47 Å². The Kier molecular flexibility index (Phi) is 5.09. The van der Waals surface area contributed by atoms with Gasteiger partial charge in [-0.15, -0.1) is 0 Å². The largest absolute Gasteiger partial charge is 0.461 e. The molecule has 4 heteroatoms. The number of esters is 2. The number of hydrogen-bond acceptors (Lipinski definition) is 4. The Balaban J connectivity index is 1.87. The number of hydrogen-bond donors (Lipinski definition) is 0. The molecule has 25 heavy (non-hydrogen) atoms. The first kappa shape index (κ1) is 16.7. The third kappa shape index (κ3) is 4.23.